The maximum atomic E-state index is 2.41. The van der Waals surface area contributed by atoms with Crippen LogP contribution in [0, 0.1) is 6.92 Å². The van der Waals surface area contributed by atoms with E-state index in [2.05, 4.69) is 201 Å². The first-order valence-corrected chi connectivity index (χ1v) is 21.6. The van der Waals surface area contributed by atoms with Crippen molar-refractivity contribution >= 4 is 55.6 Å². The molecule has 0 bridgehead atoms. The highest BCUT2D eigenvalue weighted by Gasteiger charge is 2.24. The second-order valence-electron chi connectivity index (χ2n) is 12.3. The largest absolute Gasteiger partial charge is 0.0932 e. The molecule has 0 atom stereocenters. The van der Waals surface area contributed by atoms with Crippen molar-refractivity contribution in [3.05, 3.63) is 216 Å². The molecule has 3 heteroatoms. The fourth-order valence-corrected chi connectivity index (χ4v) is 14.4. The first-order valence-electron chi connectivity index (χ1n) is 17.0. The Kier molecular flexibility index (Phi) is 11.2. The summed E-state index contributed by atoms with van der Waals surface area (Å²) in [4.78, 5) is 0. The average Bonchev–Trinajstić information content (AvgIpc) is 3.16. The summed E-state index contributed by atoms with van der Waals surface area (Å²) in [6, 6.07) is 72.2. The Balaban J connectivity index is 1.31. The van der Waals surface area contributed by atoms with E-state index in [0.29, 0.717) is 0 Å². The molecule has 0 saturated heterocycles. The van der Waals surface area contributed by atoms with Crippen molar-refractivity contribution in [2.75, 3.05) is 0 Å². The van der Waals surface area contributed by atoms with Gasteiger partial charge in [0.15, 0.2) is 0 Å². The molecule has 0 nitrogen and oxygen atoms in total. The van der Waals surface area contributed by atoms with Crippen LogP contribution in [-0.4, -0.2) is 0 Å². The Morgan fingerprint density at radius 2 is 0.592 bits per heavy atom. The molecule has 49 heavy (non-hydrogen) atoms. The summed E-state index contributed by atoms with van der Waals surface area (Å²) < 4.78 is 0. The molecule has 0 radical (unpaired) electrons. The van der Waals surface area contributed by atoms with Crippen LogP contribution in [0.5, 0.6) is 0 Å². The van der Waals surface area contributed by atoms with Gasteiger partial charge in [-0.05, 0) is 95.3 Å². The van der Waals surface area contributed by atoms with Crippen LogP contribution >= 0.6 is 23.8 Å². The molecule has 7 rings (SSSR count). The topological polar surface area (TPSA) is 0 Å². The summed E-state index contributed by atoms with van der Waals surface area (Å²) in [6.45, 7) is 2.28. The molecule has 0 unspecified atom stereocenters. The minimum absolute atomic E-state index is 0.443. The fraction of sp³-hybridized carbons (Fsp3) is 0.0870. The maximum Gasteiger partial charge on any atom is -0.00606 e. The highest BCUT2D eigenvalue weighted by molar-refractivity contribution is 7.80. The predicted molar refractivity (Wildman–Crippen MR) is 220 cm³/mol. The smallest absolute Gasteiger partial charge is 0.00606 e. The quantitative estimate of drug-likeness (QED) is 0.112. The summed E-state index contributed by atoms with van der Waals surface area (Å²) >= 11 is 0. The predicted octanol–water partition coefficient (Wildman–Crippen LogP) is 9.89. The van der Waals surface area contributed by atoms with Crippen molar-refractivity contribution in [2.45, 2.75) is 25.4 Å². The molecule has 0 fully saturated rings. The molecule has 0 heterocycles. The van der Waals surface area contributed by atoms with E-state index >= 15 is 0 Å². The van der Waals surface area contributed by atoms with Crippen LogP contribution in [0.1, 0.15) is 22.3 Å². The zero-order chi connectivity index (χ0) is 33.3. The van der Waals surface area contributed by atoms with Crippen molar-refractivity contribution in [1.82, 2.24) is 0 Å². The van der Waals surface area contributed by atoms with Crippen LogP contribution in [0.3, 0.4) is 0 Å². The summed E-state index contributed by atoms with van der Waals surface area (Å²) in [7, 11) is -1.81. The lowest BCUT2D eigenvalue weighted by atomic mass is 10.1. The van der Waals surface area contributed by atoms with Crippen LogP contribution in [-0.2, 0) is 18.5 Å². The number of benzene rings is 7. The van der Waals surface area contributed by atoms with Crippen molar-refractivity contribution in [3.8, 4) is 0 Å². The highest BCUT2D eigenvalue weighted by Crippen LogP contribution is 2.49. The maximum absolute atomic E-state index is 2.41. The van der Waals surface area contributed by atoms with Crippen molar-refractivity contribution in [2.24, 2.45) is 0 Å². The summed E-state index contributed by atoms with van der Waals surface area (Å²) in [5.41, 5.74) is 5.85. The summed E-state index contributed by atoms with van der Waals surface area (Å²) in [5.74, 6) is 0. The van der Waals surface area contributed by atoms with Crippen molar-refractivity contribution in [1.29, 1.82) is 0 Å². The lowest BCUT2D eigenvalue weighted by Gasteiger charge is -2.27. The molecule has 0 aromatic heterocycles. The first-order chi connectivity index (χ1) is 24.2. The molecule has 0 aliphatic rings. The van der Waals surface area contributed by atoms with Gasteiger partial charge in [-0.1, -0.05) is 202 Å². The average molecular weight is 687 g/mol. The molecule has 0 aliphatic carbocycles. The van der Waals surface area contributed by atoms with Gasteiger partial charge >= 0.3 is 0 Å². The van der Waals surface area contributed by atoms with Gasteiger partial charge < -0.3 is 0 Å². The van der Waals surface area contributed by atoms with Crippen LogP contribution in [0.2, 0.25) is 0 Å². The monoisotopic (exact) mass is 686 g/mol. The van der Waals surface area contributed by atoms with E-state index in [9.17, 15) is 0 Å². The van der Waals surface area contributed by atoms with Gasteiger partial charge in [0.2, 0.25) is 0 Å². The Labute approximate surface area is 296 Å². The summed E-state index contributed by atoms with van der Waals surface area (Å²) in [5, 5.41) is 8.58. The van der Waals surface area contributed by atoms with Gasteiger partial charge in [-0.15, -0.1) is 0 Å². The molecule has 0 aliphatic heterocycles. The van der Waals surface area contributed by atoms with E-state index in [-0.39, 0.29) is 0 Å². The second kappa shape index (κ2) is 16.5. The molecule has 0 spiro atoms. The molecule has 240 valence electrons. The lowest BCUT2D eigenvalue weighted by molar-refractivity contribution is 1.24. The number of hydrogen-bond acceptors (Lipinski definition) is 0. The number of rotatable bonds is 12. The lowest BCUT2D eigenvalue weighted by Crippen LogP contribution is -2.24. The van der Waals surface area contributed by atoms with Gasteiger partial charge in [0.1, 0.15) is 0 Å². The molecular formula is C46H41P3. The molecule has 7 aromatic carbocycles. The molecular weight excluding hydrogens is 645 g/mol. The number of aryl methyl sites for hydroxylation is 1. The van der Waals surface area contributed by atoms with E-state index < -0.39 is 23.8 Å². The molecule has 0 saturated carbocycles. The fourth-order valence-electron chi connectivity index (χ4n) is 6.57. The highest BCUT2D eigenvalue weighted by atomic mass is 31.1. The van der Waals surface area contributed by atoms with Crippen molar-refractivity contribution < 1.29 is 0 Å². The van der Waals surface area contributed by atoms with Gasteiger partial charge in [-0.2, -0.15) is 0 Å². The Morgan fingerprint density at radius 1 is 0.306 bits per heavy atom. The SMILES string of the molecule is Cc1ccccc1CP(Cc1ccccc1P(c1ccccc1)c1ccccc1)Cc1ccccc1P(c1ccccc1)c1ccccc1. The van der Waals surface area contributed by atoms with E-state index in [1.807, 2.05) is 0 Å². The van der Waals surface area contributed by atoms with Crippen molar-refractivity contribution in [3.63, 3.8) is 0 Å². The van der Waals surface area contributed by atoms with Crippen LogP contribution < -0.4 is 31.8 Å². The Hall–Kier alpha value is -4.17. The van der Waals surface area contributed by atoms with Gasteiger partial charge in [0.05, 0.1) is 0 Å². The minimum atomic E-state index is -0.686. The first kappa shape index (κ1) is 33.3. The van der Waals surface area contributed by atoms with Crippen LogP contribution in [0.25, 0.3) is 0 Å². The third kappa shape index (κ3) is 8.18. The van der Waals surface area contributed by atoms with Gasteiger partial charge in [-0.3, -0.25) is 0 Å². The molecule has 0 N–H and O–H groups in total. The summed E-state index contributed by atoms with van der Waals surface area (Å²) in [6.07, 6.45) is 3.27. The minimum Gasteiger partial charge on any atom is -0.0932 e. The van der Waals surface area contributed by atoms with Gasteiger partial charge in [-0.25, -0.2) is 0 Å². The van der Waals surface area contributed by atoms with Gasteiger partial charge in [0.25, 0.3) is 0 Å². The molecule has 0 amide bonds. The van der Waals surface area contributed by atoms with E-state index in [1.165, 1.54) is 54.1 Å². The van der Waals surface area contributed by atoms with Crippen LogP contribution in [0.15, 0.2) is 194 Å². The third-order valence-electron chi connectivity index (χ3n) is 8.97. The van der Waals surface area contributed by atoms with Gasteiger partial charge in [0, 0.05) is 0 Å². The Morgan fingerprint density at radius 3 is 0.959 bits per heavy atom. The zero-order valence-corrected chi connectivity index (χ0v) is 30.6. The van der Waals surface area contributed by atoms with E-state index in [1.54, 1.807) is 0 Å². The van der Waals surface area contributed by atoms with E-state index in [0.717, 1.165) is 18.5 Å². The zero-order valence-electron chi connectivity index (χ0n) is 27.9. The van der Waals surface area contributed by atoms with Crippen LogP contribution in [0.4, 0.5) is 0 Å². The number of hydrogen-bond donors (Lipinski definition) is 0. The molecule has 7 aromatic rings. The Bertz CT molecular complexity index is 1850. The van der Waals surface area contributed by atoms with E-state index in [4.69, 9.17) is 0 Å². The third-order valence-corrected chi connectivity index (χ3v) is 16.4. The second-order valence-corrected chi connectivity index (χ2v) is 19.0. The standard InChI is InChI=1S/C46H41P3/c1-37-20-14-15-21-38(37)34-47(35-39-22-16-18-32-45(39)48(41-24-6-2-7-25-41)42-26-8-3-9-27-42)36-40-23-17-19-33-46(40)49(43-28-10-4-11-29-43)44-30-12-5-13-31-44/h2-33H,34-36H2,1H3. The normalized spacial score (nSPS) is 11.3.